The third-order valence-corrected chi connectivity index (χ3v) is 6.00. The quantitative estimate of drug-likeness (QED) is 0.266. The zero-order valence-electron chi connectivity index (χ0n) is 21.3. The standard InChI is InChI=1S/C27H28N8O4/c1-2-3-14-34(27(39)35(17-23(28)36)25-21(26(37)38)10-7-13-29-25)16-18-11-12-20(19-8-5-4-6-9-19)22(15-18)24-30-32-33-31-24/h4-13,15H,2-3,14,16-17H2,1H3,(H2,28,36)(H,37,38)(H,30,31,32,33). The average molecular weight is 529 g/mol. The SMILES string of the molecule is CCCCN(Cc1ccc(-c2ccccc2)c(-c2nn[nH]n2)c1)C(=O)N(CC(N)=O)c1ncccc1C(=O)O. The third kappa shape index (κ3) is 6.42. The van der Waals surface area contributed by atoms with Crippen molar-refractivity contribution in [3.8, 4) is 22.5 Å². The lowest BCUT2D eigenvalue weighted by Gasteiger charge is -2.30. The fraction of sp³-hybridized carbons (Fsp3) is 0.222. The van der Waals surface area contributed by atoms with E-state index in [4.69, 9.17) is 5.73 Å². The molecule has 12 nitrogen and oxygen atoms in total. The number of amides is 3. The molecule has 4 aromatic rings. The number of carbonyl (C=O) groups excluding carboxylic acids is 2. The highest BCUT2D eigenvalue weighted by molar-refractivity contribution is 6.02. The summed E-state index contributed by atoms with van der Waals surface area (Å²) in [6.07, 6.45) is 2.85. The van der Waals surface area contributed by atoms with E-state index < -0.39 is 24.5 Å². The Hall–Kier alpha value is -5.13. The van der Waals surface area contributed by atoms with Crippen LogP contribution in [-0.2, 0) is 11.3 Å². The number of pyridine rings is 1. The number of carboxylic acid groups (broad SMARTS) is 1. The molecule has 0 aliphatic heterocycles. The molecule has 0 aliphatic carbocycles. The molecule has 3 amide bonds. The summed E-state index contributed by atoms with van der Waals surface area (Å²) >= 11 is 0. The fourth-order valence-corrected chi connectivity index (χ4v) is 4.17. The second-order valence-corrected chi connectivity index (χ2v) is 8.77. The number of nitrogens with two attached hydrogens (primary N) is 1. The Morgan fingerprint density at radius 3 is 2.49 bits per heavy atom. The second-order valence-electron chi connectivity index (χ2n) is 8.77. The molecule has 2 aromatic carbocycles. The van der Waals surface area contributed by atoms with Gasteiger partial charge in [0.1, 0.15) is 12.1 Å². The van der Waals surface area contributed by atoms with Gasteiger partial charge < -0.3 is 15.7 Å². The molecular formula is C27H28N8O4. The van der Waals surface area contributed by atoms with Gasteiger partial charge in [-0.05, 0) is 46.5 Å². The highest BCUT2D eigenvalue weighted by Crippen LogP contribution is 2.31. The monoisotopic (exact) mass is 528 g/mol. The maximum absolute atomic E-state index is 13.8. The number of hydrogen-bond acceptors (Lipinski definition) is 7. The number of primary amides is 1. The van der Waals surface area contributed by atoms with Gasteiger partial charge in [0.2, 0.25) is 11.7 Å². The Kier molecular flexibility index (Phi) is 8.57. The number of nitrogens with one attached hydrogen (secondary N) is 1. The van der Waals surface area contributed by atoms with Crippen molar-refractivity contribution < 1.29 is 19.5 Å². The van der Waals surface area contributed by atoms with Crippen LogP contribution in [0.25, 0.3) is 22.5 Å². The Bertz CT molecular complexity index is 1440. The summed E-state index contributed by atoms with van der Waals surface area (Å²) in [4.78, 5) is 44.3. The lowest BCUT2D eigenvalue weighted by atomic mass is 9.97. The topological polar surface area (TPSA) is 171 Å². The number of urea groups is 1. The minimum Gasteiger partial charge on any atom is -0.478 e. The second kappa shape index (κ2) is 12.4. The van der Waals surface area contributed by atoms with Crippen LogP contribution in [0.4, 0.5) is 10.6 Å². The van der Waals surface area contributed by atoms with Crippen molar-refractivity contribution in [2.45, 2.75) is 26.3 Å². The number of aromatic nitrogens is 5. The maximum Gasteiger partial charge on any atom is 0.339 e. The minimum absolute atomic E-state index is 0.151. The first-order chi connectivity index (χ1) is 18.9. The van der Waals surface area contributed by atoms with E-state index in [-0.39, 0.29) is 17.9 Å². The summed E-state index contributed by atoms with van der Waals surface area (Å²) in [5.74, 6) is -1.83. The summed E-state index contributed by atoms with van der Waals surface area (Å²) in [6, 6.07) is 17.7. The number of H-pyrrole nitrogens is 1. The first-order valence-electron chi connectivity index (χ1n) is 12.3. The van der Waals surface area contributed by atoms with Gasteiger partial charge in [0.25, 0.3) is 0 Å². The number of aromatic carboxylic acids is 1. The molecule has 0 saturated carbocycles. The van der Waals surface area contributed by atoms with Crippen molar-refractivity contribution in [2.24, 2.45) is 5.73 Å². The number of unbranched alkanes of at least 4 members (excludes halogenated alkanes) is 1. The molecule has 200 valence electrons. The van der Waals surface area contributed by atoms with E-state index in [1.807, 2.05) is 55.5 Å². The van der Waals surface area contributed by atoms with Gasteiger partial charge in [-0.25, -0.2) is 14.6 Å². The van der Waals surface area contributed by atoms with Gasteiger partial charge in [-0.2, -0.15) is 5.21 Å². The van der Waals surface area contributed by atoms with E-state index in [1.165, 1.54) is 18.3 Å². The summed E-state index contributed by atoms with van der Waals surface area (Å²) in [6.45, 7) is 2.00. The molecule has 0 radical (unpaired) electrons. The predicted octanol–water partition coefficient (Wildman–Crippen LogP) is 3.34. The van der Waals surface area contributed by atoms with Crippen molar-refractivity contribution >= 4 is 23.7 Å². The van der Waals surface area contributed by atoms with E-state index in [0.29, 0.717) is 18.8 Å². The van der Waals surface area contributed by atoms with Gasteiger partial charge in [0, 0.05) is 24.8 Å². The van der Waals surface area contributed by atoms with E-state index in [0.717, 1.165) is 33.6 Å². The Morgan fingerprint density at radius 2 is 1.82 bits per heavy atom. The summed E-state index contributed by atoms with van der Waals surface area (Å²) < 4.78 is 0. The van der Waals surface area contributed by atoms with Crippen LogP contribution in [0.5, 0.6) is 0 Å². The fourth-order valence-electron chi connectivity index (χ4n) is 4.17. The molecule has 12 heteroatoms. The zero-order chi connectivity index (χ0) is 27.8. The summed E-state index contributed by atoms with van der Waals surface area (Å²) in [5, 5.41) is 24.1. The number of carbonyl (C=O) groups is 3. The minimum atomic E-state index is -1.28. The number of anilines is 1. The largest absolute Gasteiger partial charge is 0.478 e. The molecule has 2 heterocycles. The lowest BCUT2D eigenvalue weighted by Crippen LogP contribution is -2.47. The van der Waals surface area contributed by atoms with Crippen molar-refractivity contribution in [1.29, 1.82) is 0 Å². The van der Waals surface area contributed by atoms with Crippen molar-refractivity contribution in [2.75, 3.05) is 18.0 Å². The number of aromatic amines is 1. The highest BCUT2D eigenvalue weighted by atomic mass is 16.4. The van der Waals surface area contributed by atoms with Gasteiger partial charge in [-0.3, -0.25) is 9.69 Å². The number of tetrazole rings is 1. The van der Waals surface area contributed by atoms with Crippen LogP contribution in [0, 0.1) is 0 Å². The van der Waals surface area contributed by atoms with Crippen molar-refractivity contribution in [3.05, 3.63) is 78.0 Å². The van der Waals surface area contributed by atoms with Crippen LogP contribution in [0.2, 0.25) is 0 Å². The molecule has 4 N–H and O–H groups in total. The highest BCUT2D eigenvalue weighted by Gasteiger charge is 2.28. The molecule has 0 bridgehead atoms. The van der Waals surface area contributed by atoms with Crippen LogP contribution in [0.3, 0.4) is 0 Å². The molecule has 0 aliphatic rings. The molecule has 2 aromatic heterocycles. The van der Waals surface area contributed by atoms with Gasteiger partial charge in [0.15, 0.2) is 5.82 Å². The Balaban J connectivity index is 1.72. The van der Waals surface area contributed by atoms with Crippen LogP contribution in [0.1, 0.15) is 35.7 Å². The van der Waals surface area contributed by atoms with Gasteiger partial charge >= 0.3 is 12.0 Å². The summed E-state index contributed by atoms with van der Waals surface area (Å²) in [5.41, 5.74) is 8.59. The third-order valence-electron chi connectivity index (χ3n) is 6.00. The van der Waals surface area contributed by atoms with Gasteiger partial charge in [0.05, 0.1) is 0 Å². The first kappa shape index (κ1) is 26.9. The number of hydrogen-bond donors (Lipinski definition) is 3. The first-order valence-corrected chi connectivity index (χ1v) is 12.3. The number of benzene rings is 2. The smallest absolute Gasteiger partial charge is 0.339 e. The van der Waals surface area contributed by atoms with Crippen molar-refractivity contribution in [3.63, 3.8) is 0 Å². The Morgan fingerprint density at radius 1 is 1.03 bits per heavy atom. The molecule has 0 fully saturated rings. The van der Waals surface area contributed by atoms with Crippen LogP contribution in [0.15, 0.2) is 66.9 Å². The van der Waals surface area contributed by atoms with Crippen LogP contribution in [-0.4, -0.2) is 66.6 Å². The number of nitrogens with zero attached hydrogens (tertiary/aromatic N) is 6. The Labute approximate surface area is 224 Å². The van der Waals surface area contributed by atoms with E-state index in [1.54, 1.807) is 4.90 Å². The van der Waals surface area contributed by atoms with E-state index in [2.05, 4.69) is 25.6 Å². The molecule has 4 rings (SSSR count). The molecule has 39 heavy (non-hydrogen) atoms. The normalized spacial score (nSPS) is 10.7. The average Bonchev–Trinajstić information content (AvgIpc) is 3.49. The molecule has 0 unspecified atom stereocenters. The van der Waals surface area contributed by atoms with Crippen molar-refractivity contribution in [1.82, 2.24) is 30.5 Å². The number of carboxylic acids is 1. The molecule has 0 spiro atoms. The molecule has 0 atom stereocenters. The molecular weight excluding hydrogens is 500 g/mol. The van der Waals surface area contributed by atoms with E-state index >= 15 is 0 Å². The van der Waals surface area contributed by atoms with Gasteiger partial charge in [-0.1, -0.05) is 55.8 Å². The molecule has 0 saturated heterocycles. The predicted molar refractivity (Wildman–Crippen MR) is 144 cm³/mol. The number of rotatable bonds is 11. The maximum atomic E-state index is 13.8. The van der Waals surface area contributed by atoms with Gasteiger partial charge in [-0.15, -0.1) is 10.2 Å². The van der Waals surface area contributed by atoms with Crippen LogP contribution >= 0.6 is 0 Å². The summed E-state index contributed by atoms with van der Waals surface area (Å²) in [7, 11) is 0. The zero-order valence-corrected chi connectivity index (χ0v) is 21.3. The lowest BCUT2D eigenvalue weighted by molar-refractivity contribution is -0.116. The van der Waals surface area contributed by atoms with Crippen LogP contribution < -0.4 is 10.6 Å². The van der Waals surface area contributed by atoms with E-state index in [9.17, 15) is 19.5 Å².